The first-order valence-electron chi connectivity index (χ1n) is 10.6. The number of nitrogens with zero attached hydrogens (tertiary/aromatic N) is 3. The normalized spacial score (nSPS) is 15.8. The molecule has 1 aromatic carbocycles. The second kappa shape index (κ2) is 8.43. The van der Waals surface area contributed by atoms with Crippen LogP contribution in [-0.4, -0.2) is 57.3 Å². The van der Waals surface area contributed by atoms with E-state index in [1.807, 2.05) is 10.6 Å². The predicted octanol–water partition coefficient (Wildman–Crippen LogP) is 3.91. The topological polar surface area (TPSA) is 102 Å². The summed E-state index contributed by atoms with van der Waals surface area (Å²) < 4.78 is 41.4. The Bertz CT molecular complexity index is 1340. The second-order valence-corrected chi connectivity index (χ2v) is 8.08. The molecule has 10 heteroatoms. The van der Waals surface area contributed by atoms with Gasteiger partial charge in [-0.2, -0.15) is 5.10 Å². The Morgan fingerprint density at radius 1 is 1.36 bits per heavy atom. The Morgan fingerprint density at radius 2 is 2.15 bits per heavy atom. The Hall–Kier alpha value is -3.53. The number of ether oxygens (including phenoxy) is 2. The van der Waals surface area contributed by atoms with Gasteiger partial charge in [0.2, 0.25) is 6.17 Å². The monoisotopic (exact) mass is 456 g/mol. The van der Waals surface area contributed by atoms with Gasteiger partial charge in [0.05, 0.1) is 24.3 Å². The van der Waals surface area contributed by atoms with Crippen molar-refractivity contribution in [2.75, 3.05) is 20.3 Å². The van der Waals surface area contributed by atoms with E-state index in [2.05, 4.69) is 15.2 Å². The number of carboxylic acid groups (broad SMARTS) is 1. The number of carboxylic acids is 1. The van der Waals surface area contributed by atoms with E-state index in [0.29, 0.717) is 54.0 Å². The van der Waals surface area contributed by atoms with Gasteiger partial charge in [-0.1, -0.05) is 0 Å². The third-order valence-corrected chi connectivity index (χ3v) is 6.14. The zero-order valence-electron chi connectivity index (χ0n) is 17.8. The van der Waals surface area contributed by atoms with Gasteiger partial charge in [0.25, 0.3) is 0 Å². The minimum atomic E-state index is -2.09. The van der Waals surface area contributed by atoms with Gasteiger partial charge in [-0.25, -0.2) is 18.6 Å². The van der Waals surface area contributed by atoms with E-state index in [-0.39, 0.29) is 18.1 Å². The van der Waals surface area contributed by atoms with Crippen molar-refractivity contribution in [1.29, 1.82) is 0 Å². The van der Waals surface area contributed by atoms with Crippen LogP contribution in [0.2, 0.25) is 0 Å². The van der Waals surface area contributed by atoms with E-state index in [9.17, 15) is 18.7 Å². The van der Waals surface area contributed by atoms with Crippen LogP contribution in [0.3, 0.4) is 0 Å². The maximum Gasteiger partial charge on any atom is 0.338 e. The minimum absolute atomic E-state index is 0.0172. The molecule has 4 aromatic rings. The number of aliphatic carboxylic acids is 1. The molecule has 1 saturated heterocycles. The second-order valence-electron chi connectivity index (χ2n) is 8.08. The number of aromatic nitrogens is 4. The SMILES string of the molecule is COc1cc(-n2c(C3CCOCC3)c(C[C@@H](F)C(=O)O)c3nc4[nH]ncc4cc32)ccc1F. The number of H-pyrrole nitrogens is 1. The molecule has 0 saturated carbocycles. The van der Waals surface area contributed by atoms with Crippen molar-refractivity contribution in [2.24, 2.45) is 0 Å². The third-order valence-electron chi connectivity index (χ3n) is 6.14. The van der Waals surface area contributed by atoms with Gasteiger partial charge in [-0.05, 0) is 31.0 Å². The van der Waals surface area contributed by atoms with E-state index >= 15 is 0 Å². The summed E-state index contributed by atoms with van der Waals surface area (Å²) in [5, 5.41) is 16.9. The summed E-state index contributed by atoms with van der Waals surface area (Å²) in [5.41, 5.74) is 3.56. The summed E-state index contributed by atoms with van der Waals surface area (Å²) in [7, 11) is 1.39. The van der Waals surface area contributed by atoms with Crippen molar-refractivity contribution in [1.82, 2.24) is 19.7 Å². The number of hydrogen-bond acceptors (Lipinski definition) is 5. The molecule has 3 aromatic heterocycles. The molecule has 1 atom stereocenters. The van der Waals surface area contributed by atoms with Crippen molar-refractivity contribution in [3.63, 3.8) is 0 Å². The highest BCUT2D eigenvalue weighted by molar-refractivity contribution is 5.93. The van der Waals surface area contributed by atoms with Gasteiger partial charge in [-0.3, -0.25) is 5.10 Å². The molecule has 0 bridgehead atoms. The van der Waals surface area contributed by atoms with Gasteiger partial charge in [0.15, 0.2) is 17.2 Å². The minimum Gasteiger partial charge on any atom is -0.494 e. The van der Waals surface area contributed by atoms with Crippen LogP contribution in [0.4, 0.5) is 8.78 Å². The van der Waals surface area contributed by atoms with Gasteiger partial charge < -0.3 is 19.1 Å². The third kappa shape index (κ3) is 3.70. The lowest BCUT2D eigenvalue weighted by molar-refractivity contribution is -0.142. The number of benzene rings is 1. The zero-order chi connectivity index (χ0) is 23.1. The Morgan fingerprint density at radius 3 is 2.88 bits per heavy atom. The van der Waals surface area contributed by atoms with Crippen LogP contribution < -0.4 is 4.74 Å². The van der Waals surface area contributed by atoms with Gasteiger partial charge in [0.1, 0.15) is 0 Å². The molecule has 33 heavy (non-hydrogen) atoms. The van der Waals surface area contributed by atoms with E-state index < -0.39 is 18.0 Å². The molecule has 4 heterocycles. The largest absolute Gasteiger partial charge is 0.494 e. The van der Waals surface area contributed by atoms with Crippen LogP contribution in [0.1, 0.15) is 30.0 Å². The summed E-state index contributed by atoms with van der Waals surface area (Å²) in [6.07, 6.45) is 0.574. The lowest BCUT2D eigenvalue weighted by Gasteiger charge is -2.26. The molecule has 5 rings (SSSR count). The maximum atomic E-state index is 14.6. The van der Waals surface area contributed by atoms with Gasteiger partial charge in [0, 0.05) is 53.9 Å². The predicted molar refractivity (Wildman–Crippen MR) is 116 cm³/mol. The molecular formula is C23H22F2N4O4. The fourth-order valence-electron chi connectivity index (χ4n) is 4.58. The summed E-state index contributed by atoms with van der Waals surface area (Å²) >= 11 is 0. The molecule has 0 spiro atoms. The van der Waals surface area contributed by atoms with Crippen LogP contribution in [-0.2, 0) is 16.0 Å². The molecular weight excluding hydrogens is 434 g/mol. The fraction of sp³-hybridized carbons (Fsp3) is 0.348. The van der Waals surface area contributed by atoms with Crippen LogP contribution in [0.15, 0.2) is 30.5 Å². The first-order chi connectivity index (χ1) is 16.0. The van der Waals surface area contributed by atoms with E-state index in [0.717, 1.165) is 11.1 Å². The molecule has 172 valence electrons. The number of fused-ring (bicyclic) bond motifs is 2. The average molecular weight is 456 g/mol. The zero-order valence-corrected chi connectivity index (χ0v) is 17.8. The number of alkyl halides is 1. The number of aromatic amines is 1. The van der Waals surface area contributed by atoms with E-state index in [1.54, 1.807) is 18.3 Å². The van der Waals surface area contributed by atoms with E-state index in [1.165, 1.54) is 13.2 Å². The lowest BCUT2D eigenvalue weighted by Crippen LogP contribution is -2.21. The summed E-state index contributed by atoms with van der Waals surface area (Å²) in [4.78, 5) is 16.1. The Labute approximate surface area is 187 Å². The Kier molecular flexibility index (Phi) is 5.45. The standard InChI is InChI=1S/C23H22F2N4O4/c1-32-19-9-14(2-3-16(19)24)29-18-8-13-11-26-28-22(13)27-20(18)15(10-17(25)23(30)31)21(29)12-4-6-33-7-5-12/h2-3,8-9,11-12,17H,4-7,10H2,1H3,(H,30,31)(H,26,27,28)/t17-/m1/s1. The first-order valence-corrected chi connectivity index (χ1v) is 10.6. The van der Waals surface area contributed by atoms with Crippen molar-refractivity contribution in [3.8, 4) is 11.4 Å². The molecule has 1 aliphatic rings. The number of carbonyl (C=O) groups is 1. The number of nitrogens with one attached hydrogen (secondary N) is 1. The molecule has 8 nitrogen and oxygen atoms in total. The molecule has 0 amide bonds. The number of halogens is 2. The van der Waals surface area contributed by atoms with Crippen molar-refractivity contribution in [3.05, 3.63) is 47.5 Å². The van der Waals surface area contributed by atoms with E-state index in [4.69, 9.17) is 9.47 Å². The van der Waals surface area contributed by atoms with Gasteiger partial charge >= 0.3 is 5.97 Å². The van der Waals surface area contributed by atoms with Crippen molar-refractivity contribution >= 4 is 28.0 Å². The molecule has 1 aliphatic heterocycles. The molecule has 2 N–H and O–H groups in total. The summed E-state index contributed by atoms with van der Waals surface area (Å²) in [5.74, 6) is -1.98. The quantitative estimate of drug-likeness (QED) is 0.456. The van der Waals surface area contributed by atoms with Crippen molar-refractivity contribution < 1.29 is 28.2 Å². The smallest absolute Gasteiger partial charge is 0.338 e. The molecule has 0 aliphatic carbocycles. The van der Waals surface area contributed by atoms with Crippen LogP contribution in [0.5, 0.6) is 5.75 Å². The molecule has 0 unspecified atom stereocenters. The Balaban J connectivity index is 1.85. The average Bonchev–Trinajstić information content (AvgIpc) is 3.40. The number of hydrogen-bond donors (Lipinski definition) is 2. The molecule has 1 fully saturated rings. The van der Waals surface area contributed by atoms with Crippen molar-refractivity contribution in [2.45, 2.75) is 31.4 Å². The van der Waals surface area contributed by atoms with Crippen LogP contribution >= 0.6 is 0 Å². The van der Waals surface area contributed by atoms with Crippen LogP contribution in [0, 0.1) is 5.82 Å². The van der Waals surface area contributed by atoms with Crippen LogP contribution in [0.25, 0.3) is 27.8 Å². The molecule has 0 radical (unpaired) electrons. The summed E-state index contributed by atoms with van der Waals surface area (Å²) in [6.45, 7) is 1.07. The lowest BCUT2D eigenvalue weighted by atomic mass is 9.91. The first kappa shape index (κ1) is 21.3. The summed E-state index contributed by atoms with van der Waals surface area (Å²) in [6, 6.07) is 6.38. The maximum absolute atomic E-state index is 14.6. The number of methoxy groups -OCH3 is 1. The number of rotatable bonds is 6. The highest BCUT2D eigenvalue weighted by Crippen LogP contribution is 2.40. The highest BCUT2D eigenvalue weighted by Gasteiger charge is 2.31. The highest BCUT2D eigenvalue weighted by atomic mass is 19.1. The number of pyridine rings is 1. The van der Waals surface area contributed by atoms with Gasteiger partial charge in [-0.15, -0.1) is 0 Å². The fourth-order valence-corrected chi connectivity index (χ4v) is 4.58.